The van der Waals surface area contributed by atoms with Gasteiger partial charge in [-0.1, -0.05) is 30.3 Å². The van der Waals surface area contributed by atoms with E-state index in [1.165, 1.54) is 12.1 Å². The van der Waals surface area contributed by atoms with Crippen LogP contribution in [0, 0.1) is 5.82 Å². The molecule has 3 aromatic rings. The molecule has 5 heteroatoms. The van der Waals surface area contributed by atoms with Crippen LogP contribution in [0.2, 0.25) is 0 Å². The zero-order valence-electron chi connectivity index (χ0n) is 13.3. The normalized spacial score (nSPS) is 12.1. The molecular weight excluding hydrogens is 309 g/mol. The van der Waals surface area contributed by atoms with Crippen LogP contribution in [0.4, 0.5) is 4.39 Å². The van der Waals surface area contributed by atoms with E-state index in [1.54, 1.807) is 12.1 Å². The zero-order valence-corrected chi connectivity index (χ0v) is 13.3. The Labute approximate surface area is 139 Å². The van der Waals surface area contributed by atoms with Gasteiger partial charge in [-0.15, -0.1) is 0 Å². The maximum atomic E-state index is 13.4. The van der Waals surface area contributed by atoms with Crippen molar-refractivity contribution < 1.29 is 18.3 Å². The highest BCUT2D eigenvalue weighted by Gasteiger charge is 2.12. The molecule has 3 rings (SSSR count). The van der Waals surface area contributed by atoms with Crippen LogP contribution in [0.15, 0.2) is 59.0 Å². The number of carbonyl (C=O) groups is 1. The quantitative estimate of drug-likeness (QED) is 0.751. The highest BCUT2D eigenvalue weighted by atomic mass is 19.1. The van der Waals surface area contributed by atoms with Gasteiger partial charge in [0.15, 0.2) is 18.2 Å². The van der Waals surface area contributed by atoms with E-state index in [-0.39, 0.29) is 24.3 Å². The summed E-state index contributed by atoms with van der Waals surface area (Å²) in [7, 11) is 0. The minimum absolute atomic E-state index is 0.0672. The second-order valence-corrected chi connectivity index (χ2v) is 5.64. The van der Waals surface area contributed by atoms with Crippen LogP contribution in [0.5, 0.6) is 5.75 Å². The first-order valence-electron chi connectivity index (χ1n) is 7.76. The number of fused-ring (bicyclic) bond motifs is 1. The van der Waals surface area contributed by atoms with E-state index < -0.39 is 5.82 Å². The second kappa shape index (κ2) is 7.17. The largest absolute Gasteiger partial charge is 0.481 e. The van der Waals surface area contributed by atoms with Crippen LogP contribution >= 0.6 is 0 Å². The Kier molecular flexibility index (Phi) is 4.79. The lowest BCUT2D eigenvalue weighted by atomic mass is 10.2. The average molecular weight is 327 g/mol. The van der Waals surface area contributed by atoms with E-state index in [0.29, 0.717) is 6.42 Å². The number of carbonyl (C=O) groups excluding carboxylic acids is 1. The first-order valence-corrected chi connectivity index (χ1v) is 7.76. The minimum Gasteiger partial charge on any atom is -0.481 e. The summed E-state index contributed by atoms with van der Waals surface area (Å²) in [5.41, 5.74) is 0.828. The van der Waals surface area contributed by atoms with Crippen LogP contribution in [0.1, 0.15) is 12.7 Å². The molecule has 2 aromatic carbocycles. The summed E-state index contributed by atoms with van der Waals surface area (Å²) in [5.74, 6) is 0.0825. The Hall–Kier alpha value is -2.82. The smallest absolute Gasteiger partial charge is 0.258 e. The molecule has 0 fully saturated rings. The van der Waals surface area contributed by atoms with Gasteiger partial charge < -0.3 is 14.5 Å². The van der Waals surface area contributed by atoms with Gasteiger partial charge in [-0.25, -0.2) is 4.39 Å². The minimum atomic E-state index is -0.486. The fourth-order valence-electron chi connectivity index (χ4n) is 2.51. The summed E-state index contributed by atoms with van der Waals surface area (Å²) in [4.78, 5) is 11.9. The SMILES string of the molecule is C[C@H](Cc1cc2ccccc2o1)NC(=O)COc1ccccc1F. The van der Waals surface area contributed by atoms with Crippen molar-refractivity contribution in [1.82, 2.24) is 5.32 Å². The molecule has 0 bridgehead atoms. The van der Waals surface area contributed by atoms with Gasteiger partial charge in [0.25, 0.3) is 5.91 Å². The van der Waals surface area contributed by atoms with Crippen molar-refractivity contribution in [2.75, 3.05) is 6.61 Å². The number of rotatable bonds is 6. The molecule has 0 unspecified atom stereocenters. The molecule has 1 heterocycles. The Morgan fingerprint density at radius 1 is 1.21 bits per heavy atom. The molecule has 0 saturated heterocycles. The van der Waals surface area contributed by atoms with Gasteiger partial charge >= 0.3 is 0 Å². The summed E-state index contributed by atoms with van der Waals surface area (Å²) < 4.78 is 24.3. The predicted octanol–water partition coefficient (Wildman–Crippen LogP) is 3.70. The molecule has 0 spiro atoms. The van der Waals surface area contributed by atoms with Crippen molar-refractivity contribution in [2.24, 2.45) is 0 Å². The molecule has 24 heavy (non-hydrogen) atoms. The van der Waals surface area contributed by atoms with Gasteiger partial charge in [-0.3, -0.25) is 4.79 Å². The van der Waals surface area contributed by atoms with Crippen molar-refractivity contribution in [3.63, 3.8) is 0 Å². The van der Waals surface area contributed by atoms with E-state index in [4.69, 9.17) is 9.15 Å². The number of amides is 1. The lowest BCUT2D eigenvalue weighted by Gasteiger charge is -2.13. The number of benzene rings is 2. The maximum Gasteiger partial charge on any atom is 0.258 e. The van der Waals surface area contributed by atoms with E-state index in [0.717, 1.165) is 16.7 Å². The number of hydrogen-bond donors (Lipinski definition) is 1. The van der Waals surface area contributed by atoms with Gasteiger partial charge in [0.1, 0.15) is 11.3 Å². The summed E-state index contributed by atoms with van der Waals surface area (Å²) in [6.07, 6.45) is 0.570. The standard InChI is InChI=1S/C19H18FNO3/c1-13(10-15-11-14-6-2-4-8-17(14)24-15)21-19(22)12-23-18-9-5-3-7-16(18)20/h2-9,11,13H,10,12H2,1H3,(H,21,22)/t13-/m1/s1. The van der Waals surface area contributed by atoms with Gasteiger partial charge in [-0.05, 0) is 31.2 Å². The lowest BCUT2D eigenvalue weighted by molar-refractivity contribution is -0.123. The zero-order chi connectivity index (χ0) is 16.9. The molecule has 0 aliphatic rings. The second-order valence-electron chi connectivity index (χ2n) is 5.64. The molecule has 0 aliphatic heterocycles. The Morgan fingerprint density at radius 2 is 1.96 bits per heavy atom. The number of hydrogen-bond acceptors (Lipinski definition) is 3. The van der Waals surface area contributed by atoms with E-state index in [1.807, 2.05) is 37.3 Å². The number of nitrogens with one attached hydrogen (secondary N) is 1. The molecule has 1 aromatic heterocycles. The highest BCUT2D eigenvalue weighted by molar-refractivity contribution is 5.78. The summed E-state index contributed by atoms with van der Waals surface area (Å²) in [6.45, 7) is 1.65. The number of halogens is 1. The average Bonchev–Trinajstić information content (AvgIpc) is 2.96. The van der Waals surface area contributed by atoms with E-state index in [9.17, 15) is 9.18 Å². The maximum absolute atomic E-state index is 13.4. The molecular formula is C19H18FNO3. The Bertz CT molecular complexity index is 810. The van der Waals surface area contributed by atoms with Crippen LogP contribution in [0.25, 0.3) is 11.0 Å². The molecule has 0 radical (unpaired) electrons. The summed E-state index contributed by atoms with van der Waals surface area (Å²) in [6, 6.07) is 15.6. The molecule has 1 N–H and O–H groups in total. The summed E-state index contributed by atoms with van der Waals surface area (Å²) in [5, 5.41) is 3.85. The van der Waals surface area contributed by atoms with E-state index >= 15 is 0 Å². The third-order valence-electron chi connectivity index (χ3n) is 3.59. The number of ether oxygens (including phenoxy) is 1. The topological polar surface area (TPSA) is 51.5 Å². The van der Waals surface area contributed by atoms with Crippen molar-refractivity contribution in [2.45, 2.75) is 19.4 Å². The fourth-order valence-corrected chi connectivity index (χ4v) is 2.51. The molecule has 4 nitrogen and oxygen atoms in total. The van der Waals surface area contributed by atoms with Crippen molar-refractivity contribution in [3.05, 3.63) is 66.2 Å². The summed E-state index contributed by atoms with van der Waals surface area (Å²) >= 11 is 0. The molecule has 0 aliphatic carbocycles. The van der Waals surface area contributed by atoms with Crippen LogP contribution < -0.4 is 10.1 Å². The molecule has 1 atom stereocenters. The van der Waals surface area contributed by atoms with E-state index in [2.05, 4.69) is 5.32 Å². The molecule has 1 amide bonds. The van der Waals surface area contributed by atoms with Crippen LogP contribution in [0.3, 0.4) is 0 Å². The third-order valence-corrected chi connectivity index (χ3v) is 3.59. The fraction of sp³-hybridized carbons (Fsp3) is 0.211. The van der Waals surface area contributed by atoms with Crippen molar-refractivity contribution in [1.29, 1.82) is 0 Å². The van der Waals surface area contributed by atoms with Gasteiger partial charge in [0, 0.05) is 17.8 Å². The van der Waals surface area contributed by atoms with Gasteiger partial charge in [0.2, 0.25) is 0 Å². The van der Waals surface area contributed by atoms with Crippen LogP contribution in [-0.2, 0) is 11.2 Å². The van der Waals surface area contributed by atoms with Crippen LogP contribution in [-0.4, -0.2) is 18.6 Å². The number of para-hydroxylation sites is 2. The first-order chi connectivity index (χ1) is 11.6. The van der Waals surface area contributed by atoms with Gasteiger partial charge in [0.05, 0.1) is 0 Å². The Morgan fingerprint density at radius 3 is 2.75 bits per heavy atom. The van der Waals surface area contributed by atoms with Crippen molar-refractivity contribution in [3.8, 4) is 5.75 Å². The third kappa shape index (κ3) is 3.93. The van der Waals surface area contributed by atoms with Gasteiger partial charge in [-0.2, -0.15) is 0 Å². The number of furan rings is 1. The van der Waals surface area contributed by atoms with Crippen molar-refractivity contribution >= 4 is 16.9 Å². The Balaban J connectivity index is 1.51. The first kappa shape index (κ1) is 16.1. The predicted molar refractivity (Wildman–Crippen MR) is 89.4 cm³/mol. The highest BCUT2D eigenvalue weighted by Crippen LogP contribution is 2.20. The molecule has 124 valence electrons. The lowest BCUT2D eigenvalue weighted by Crippen LogP contribution is -2.37. The molecule has 0 saturated carbocycles. The monoisotopic (exact) mass is 327 g/mol.